The zero-order valence-electron chi connectivity index (χ0n) is 10.6. The largest absolute Gasteiger partial charge is 0.465 e. The van der Waals surface area contributed by atoms with E-state index in [1.165, 1.54) is 31.4 Å². The first kappa shape index (κ1) is 13.6. The number of isocyanates is 1. The topological polar surface area (TPSA) is 55.7 Å². The number of aliphatic imine (C=N–C) groups is 1. The molecule has 0 amide bonds. The maximum atomic E-state index is 13.6. The van der Waals surface area contributed by atoms with Gasteiger partial charge in [-0.1, -0.05) is 18.2 Å². The Balaban J connectivity index is 2.50. The van der Waals surface area contributed by atoms with Gasteiger partial charge in [0.05, 0.1) is 18.4 Å². The van der Waals surface area contributed by atoms with E-state index in [9.17, 15) is 14.0 Å². The smallest absolute Gasteiger partial charge is 0.340 e. The molecular weight excluding hydrogens is 261 g/mol. The monoisotopic (exact) mass is 271 g/mol. The Morgan fingerprint density at radius 1 is 1.20 bits per heavy atom. The van der Waals surface area contributed by atoms with Crippen molar-refractivity contribution in [1.29, 1.82) is 0 Å². The van der Waals surface area contributed by atoms with Crippen LogP contribution in [-0.4, -0.2) is 19.2 Å². The van der Waals surface area contributed by atoms with Crippen LogP contribution in [0.3, 0.4) is 0 Å². The summed E-state index contributed by atoms with van der Waals surface area (Å²) >= 11 is 0. The maximum Gasteiger partial charge on any atom is 0.340 e. The summed E-state index contributed by atoms with van der Waals surface area (Å²) in [6.45, 7) is 0. The van der Waals surface area contributed by atoms with Gasteiger partial charge in [-0.05, 0) is 35.4 Å². The molecule has 0 saturated carbocycles. The van der Waals surface area contributed by atoms with Gasteiger partial charge in [-0.2, -0.15) is 4.99 Å². The standard InChI is InChI=1S/C15H10FNO3/c1-20-15(19)13-8-11(5-6-14(13)16)10-3-2-4-12(7-10)17-9-18/h2-8H,1H3. The van der Waals surface area contributed by atoms with Crippen LogP contribution >= 0.6 is 0 Å². The summed E-state index contributed by atoms with van der Waals surface area (Å²) in [4.78, 5) is 25.2. The highest BCUT2D eigenvalue weighted by molar-refractivity contribution is 5.91. The van der Waals surface area contributed by atoms with Gasteiger partial charge in [0, 0.05) is 0 Å². The molecule has 0 aromatic heterocycles. The number of nitrogens with zero attached hydrogens (tertiary/aromatic N) is 1. The first-order chi connectivity index (χ1) is 9.65. The Labute approximate surface area is 114 Å². The minimum absolute atomic E-state index is 0.144. The van der Waals surface area contributed by atoms with Crippen molar-refractivity contribution < 1.29 is 18.7 Å². The van der Waals surface area contributed by atoms with Crippen LogP contribution in [0.1, 0.15) is 10.4 Å². The number of esters is 1. The molecule has 0 aliphatic rings. The Bertz CT molecular complexity index is 706. The van der Waals surface area contributed by atoms with E-state index in [-0.39, 0.29) is 5.56 Å². The van der Waals surface area contributed by atoms with Crippen molar-refractivity contribution in [3.05, 3.63) is 53.8 Å². The van der Waals surface area contributed by atoms with Gasteiger partial charge in [0.15, 0.2) is 0 Å². The van der Waals surface area contributed by atoms with E-state index in [0.717, 1.165) is 0 Å². The summed E-state index contributed by atoms with van der Waals surface area (Å²) in [6.07, 6.45) is 1.45. The summed E-state index contributed by atoms with van der Waals surface area (Å²) in [5.74, 6) is -1.39. The predicted molar refractivity (Wildman–Crippen MR) is 71.0 cm³/mol. The number of benzene rings is 2. The molecule has 0 unspecified atom stereocenters. The number of methoxy groups -OCH3 is 1. The molecule has 0 aliphatic carbocycles. The average molecular weight is 271 g/mol. The Morgan fingerprint density at radius 3 is 2.65 bits per heavy atom. The maximum absolute atomic E-state index is 13.6. The molecule has 0 fully saturated rings. The fourth-order valence-corrected chi connectivity index (χ4v) is 1.78. The van der Waals surface area contributed by atoms with Crippen LogP contribution in [0.25, 0.3) is 11.1 Å². The molecule has 0 heterocycles. The second-order valence-electron chi connectivity index (χ2n) is 3.94. The van der Waals surface area contributed by atoms with Crippen LogP contribution in [0.4, 0.5) is 10.1 Å². The Kier molecular flexibility index (Phi) is 4.03. The molecule has 20 heavy (non-hydrogen) atoms. The molecule has 0 saturated heterocycles. The summed E-state index contributed by atoms with van der Waals surface area (Å²) < 4.78 is 18.1. The first-order valence-electron chi connectivity index (χ1n) is 5.72. The van der Waals surface area contributed by atoms with E-state index in [1.54, 1.807) is 24.3 Å². The van der Waals surface area contributed by atoms with Crippen LogP contribution in [0, 0.1) is 5.82 Å². The molecule has 0 atom stereocenters. The van der Waals surface area contributed by atoms with Gasteiger partial charge < -0.3 is 4.74 Å². The van der Waals surface area contributed by atoms with Crippen molar-refractivity contribution in [2.45, 2.75) is 0 Å². The van der Waals surface area contributed by atoms with E-state index < -0.39 is 11.8 Å². The molecule has 0 spiro atoms. The molecule has 2 rings (SSSR count). The van der Waals surface area contributed by atoms with E-state index in [2.05, 4.69) is 9.73 Å². The van der Waals surface area contributed by atoms with Gasteiger partial charge in [-0.25, -0.2) is 14.0 Å². The molecule has 2 aromatic rings. The van der Waals surface area contributed by atoms with Gasteiger partial charge in [0.25, 0.3) is 0 Å². The van der Waals surface area contributed by atoms with Crippen molar-refractivity contribution >= 4 is 17.7 Å². The number of carbonyl (C=O) groups excluding carboxylic acids is 2. The van der Waals surface area contributed by atoms with Crippen LogP contribution in [0.15, 0.2) is 47.5 Å². The number of ether oxygens (including phenoxy) is 1. The second kappa shape index (κ2) is 5.91. The molecule has 0 radical (unpaired) electrons. The zero-order valence-corrected chi connectivity index (χ0v) is 10.6. The van der Waals surface area contributed by atoms with Gasteiger partial charge >= 0.3 is 5.97 Å². The quantitative estimate of drug-likeness (QED) is 0.489. The summed E-state index contributed by atoms with van der Waals surface area (Å²) in [7, 11) is 1.19. The van der Waals surface area contributed by atoms with Crippen LogP contribution in [0.5, 0.6) is 0 Å². The van der Waals surface area contributed by atoms with Gasteiger partial charge in [-0.15, -0.1) is 0 Å². The summed E-state index contributed by atoms with van der Waals surface area (Å²) in [5.41, 5.74) is 1.61. The highest BCUT2D eigenvalue weighted by atomic mass is 19.1. The molecule has 4 nitrogen and oxygen atoms in total. The molecule has 100 valence electrons. The zero-order chi connectivity index (χ0) is 14.5. The second-order valence-corrected chi connectivity index (χ2v) is 3.94. The van der Waals surface area contributed by atoms with Crippen LogP contribution in [-0.2, 0) is 9.53 Å². The lowest BCUT2D eigenvalue weighted by atomic mass is 10.0. The third-order valence-corrected chi connectivity index (χ3v) is 2.73. The van der Waals surface area contributed by atoms with E-state index in [0.29, 0.717) is 16.8 Å². The normalized spacial score (nSPS) is 9.70. The minimum Gasteiger partial charge on any atom is -0.465 e. The molecular formula is C15H10FNO3. The van der Waals surface area contributed by atoms with E-state index in [1.807, 2.05) is 0 Å². The fourth-order valence-electron chi connectivity index (χ4n) is 1.78. The number of carbonyl (C=O) groups is 1. The van der Waals surface area contributed by atoms with Gasteiger partial charge in [0.2, 0.25) is 6.08 Å². The molecule has 5 heteroatoms. The van der Waals surface area contributed by atoms with Crippen LogP contribution in [0.2, 0.25) is 0 Å². The molecule has 0 aliphatic heterocycles. The fraction of sp³-hybridized carbons (Fsp3) is 0.0667. The third kappa shape index (κ3) is 2.79. The van der Waals surface area contributed by atoms with E-state index >= 15 is 0 Å². The number of rotatable bonds is 3. The number of hydrogen-bond donors (Lipinski definition) is 0. The Morgan fingerprint density at radius 2 is 1.95 bits per heavy atom. The highest BCUT2D eigenvalue weighted by Gasteiger charge is 2.13. The lowest BCUT2D eigenvalue weighted by Gasteiger charge is -2.06. The van der Waals surface area contributed by atoms with Crippen molar-refractivity contribution in [3.63, 3.8) is 0 Å². The van der Waals surface area contributed by atoms with Gasteiger partial charge in [-0.3, -0.25) is 0 Å². The Hall–Kier alpha value is -2.78. The first-order valence-corrected chi connectivity index (χ1v) is 5.72. The predicted octanol–water partition coefficient (Wildman–Crippen LogP) is 3.25. The summed E-state index contributed by atoms with van der Waals surface area (Å²) in [6, 6.07) is 10.9. The minimum atomic E-state index is -0.744. The van der Waals surface area contributed by atoms with Gasteiger partial charge in [0.1, 0.15) is 5.82 Å². The molecule has 0 N–H and O–H groups in total. The van der Waals surface area contributed by atoms with E-state index in [4.69, 9.17) is 0 Å². The van der Waals surface area contributed by atoms with Crippen molar-refractivity contribution in [1.82, 2.24) is 0 Å². The summed E-state index contributed by atoms with van der Waals surface area (Å²) in [5, 5.41) is 0. The lowest BCUT2D eigenvalue weighted by molar-refractivity contribution is 0.0595. The van der Waals surface area contributed by atoms with Crippen molar-refractivity contribution in [2.75, 3.05) is 7.11 Å². The van der Waals surface area contributed by atoms with Crippen LogP contribution < -0.4 is 0 Å². The van der Waals surface area contributed by atoms with Crippen molar-refractivity contribution in [2.24, 2.45) is 4.99 Å². The van der Waals surface area contributed by atoms with Crippen molar-refractivity contribution in [3.8, 4) is 11.1 Å². The average Bonchev–Trinajstić information content (AvgIpc) is 2.47. The lowest BCUT2D eigenvalue weighted by Crippen LogP contribution is -2.04. The number of halogens is 1. The number of hydrogen-bond acceptors (Lipinski definition) is 4. The highest BCUT2D eigenvalue weighted by Crippen LogP contribution is 2.26. The molecule has 0 bridgehead atoms. The third-order valence-electron chi connectivity index (χ3n) is 2.73. The molecule has 2 aromatic carbocycles. The SMILES string of the molecule is COC(=O)c1cc(-c2cccc(N=C=O)c2)ccc1F.